The molecule has 1 amide bonds. The fourth-order valence-electron chi connectivity index (χ4n) is 2.42. The van der Waals surface area contributed by atoms with Crippen molar-refractivity contribution in [1.29, 1.82) is 0 Å². The Morgan fingerprint density at radius 3 is 2.36 bits per heavy atom. The molecule has 0 aromatic heterocycles. The Kier molecular flexibility index (Phi) is 5.07. The molecule has 1 aliphatic heterocycles. The number of carbonyl (C=O) groups excluding carboxylic acids is 1. The Hall–Kier alpha value is -1.61. The Bertz CT molecular complexity index is 536. The van der Waals surface area contributed by atoms with Crippen LogP contribution in [0, 0.1) is 11.6 Å². The highest BCUT2D eigenvalue weighted by Gasteiger charge is 2.43. The van der Waals surface area contributed by atoms with Crippen molar-refractivity contribution >= 4 is 5.91 Å². The summed E-state index contributed by atoms with van der Waals surface area (Å²) in [4.78, 5) is 12.0. The molecule has 0 saturated carbocycles. The molecule has 1 heterocycles. The van der Waals surface area contributed by atoms with Gasteiger partial charge in [-0.1, -0.05) is 0 Å². The molecule has 0 bridgehead atoms. The number of rotatable bonds is 3. The second-order valence-electron chi connectivity index (χ2n) is 5.20. The molecule has 5 atom stereocenters. The van der Waals surface area contributed by atoms with Gasteiger partial charge >= 0.3 is 0 Å². The smallest absolute Gasteiger partial charge is 0.251 e. The van der Waals surface area contributed by atoms with E-state index in [4.69, 9.17) is 9.84 Å². The van der Waals surface area contributed by atoms with E-state index in [0.717, 1.165) is 12.1 Å². The number of ether oxygens (including phenoxy) is 1. The molecule has 1 saturated heterocycles. The SMILES string of the molecule is CC1OC(CO)C(O)C(O)C1NC(=O)c1cc(F)cc(F)c1. The van der Waals surface area contributed by atoms with Crippen LogP contribution in [0.5, 0.6) is 0 Å². The summed E-state index contributed by atoms with van der Waals surface area (Å²) in [6.45, 7) is 1.05. The molecule has 1 aromatic carbocycles. The number of hydrogen-bond donors (Lipinski definition) is 4. The minimum atomic E-state index is -1.39. The third-order valence-electron chi connectivity index (χ3n) is 3.60. The lowest BCUT2D eigenvalue weighted by Crippen LogP contribution is -2.63. The van der Waals surface area contributed by atoms with Crippen LogP contribution in [0.2, 0.25) is 0 Å². The van der Waals surface area contributed by atoms with E-state index in [1.54, 1.807) is 0 Å². The van der Waals surface area contributed by atoms with Crippen molar-refractivity contribution in [2.75, 3.05) is 6.61 Å². The molecule has 6 nitrogen and oxygen atoms in total. The topological polar surface area (TPSA) is 99.0 Å². The summed E-state index contributed by atoms with van der Waals surface area (Å²) >= 11 is 0. The van der Waals surface area contributed by atoms with Gasteiger partial charge in [0.05, 0.1) is 18.8 Å². The summed E-state index contributed by atoms with van der Waals surface area (Å²) in [7, 11) is 0. The summed E-state index contributed by atoms with van der Waals surface area (Å²) in [5.41, 5.74) is -0.254. The number of aliphatic hydroxyl groups is 3. The summed E-state index contributed by atoms with van der Waals surface area (Å²) < 4.78 is 31.5. The first-order valence-electron chi connectivity index (χ1n) is 6.73. The van der Waals surface area contributed by atoms with E-state index < -0.39 is 54.6 Å². The van der Waals surface area contributed by atoms with Crippen molar-refractivity contribution in [1.82, 2.24) is 5.32 Å². The van der Waals surface area contributed by atoms with Crippen molar-refractivity contribution in [3.8, 4) is 0 Å². The van der Waals surface area contributed by atoms with Gasteiger partial charge in [0.15, 0.2) is 0 Å². The molecule has 2 rings (SSSR count). The van der Waals surface area contributed by atoms with E-state index in [9.17, 15) is 23.8 Å². The Balaban J connectivity index is 2.13. The Labute approximate surface area is 125 Å². The van der Waals surface area contributed by atoms with Gasteiger partial charge in [-0.15, -0.1) is 0 Å². The highest BCUT2D eigenvalue weighted by atomic mass is 19.1. The van der Waals surface area contributed by atoms with Gasteiger partial charge in [-0.05, 0) is 19.1 Å². The molecule has 5 unspecified atom stereocenters. The molecule has 22 heavy (non-hydrogen) atoms. The van der Waals surface area contributed by atoms with Crippen molar-refractivity contribution in [3.63, 3.8) is 0 Å². The fraction of sp³-hybridized carbons (Fsp3) is 0.500. The predicted molar refractivity (Wildman–Crippen MR) is 71.0 cm³/mol. The van der Waals surface area contributed by atoms with E-state index in [-0.39, 0.29) is 5.56 Å². The Morgan fingerprint density at radius 1 is 1.23 bits per heavy atom. The number of aliphatic hydroxyl groups excluding tert-OH is 3. The van der Waals surface area contributed by atoms with Crippen LogP contribution in [-0.2, 0) is 4.74 Å². The average molecular weight is 317 g/mol. The van der Waals surface area contributed by atoms with Crippen molar-refractivity contribution in [2.24, 2.45) is 0 Å². The number of halogens is 2. The standard InChI is InChI=1S/C14H17F2NO5/c1-6-11(13(20)12(19)10(5-18)22-6)17-14(21)7-2-8(15)4-9(16)3-7/h2-4,6,10-13,18-20H,5H2,1H3,(H,17,21). The molecule has 8 heteroatoms. The van der Waals surface area contributed by atoms with Crippen LogP contribution in [0.25, 0.3) is 0 Å². The number of carbonyl (C=O) groups is 1. The normalized spacial score (nSPS) is 31.8. The highest BCUT2D eigenvalue weighted by molar-refractivity contribution is 5.94. The quantitative estimate of drug-likeness (QED) is 0.606. The third kappa shape index (κ3) is 3.41. The molecular weight excluding hydrogens is 300 g/mol. The molecule has 1 aromatic rings. The average Bonchev–Trinajstić information content (AvgIpc) is 2.46. The number of nitrogens with one attached hydrogen (secondary N) is 1. The van der Waals surface area contributed by atoms with E-state index in [1.165, 1.54) is 6.92 Å². The number of amides is 1. The minimum absolute atomic E-state index is 0.254. The van der Waals surface area contributed by atoms with E-state index in [1.807, 2.05) is 0 Å². The predicted octanol–water partition coefficient (Wildman–Crippen LogP) is -0.435. The van der Waals surface area contributed by atoms with Gasteiger partial charge in [0.25, 0.3) is 5.91 Å². The zero-order chi connectivity index (χ0) is 16.4. The molecule has 0 aliphatic carbocycles. The first-order valence-corrected chi connectivity index (χ1v) is 6.73. The number of benzene rings is 1. The molecular formula is C14H17F2NO5. The van der Waals surface area contributed by atoms with Gasteiger partial charge in [-0.3, -0.25) is 4.79 Å². The maximum atomic E-state index is 13.1. The second-order valence-corrected chi connectivity index (χ2v) is 5.20. The van der Waals surface area contributed by atoms with Crippen LogP contribution < -0.4 is 5.32 Å². The molecule has 122 valence electrons. The highest BCUT2D eigenvalue weighted by Crippen LogP contribution is 2.21. The lowest BCUT2D eigenvalue weighted by molar-refractivity contribution is -0.187. The van der Waals surface area contributed by atoms with Crippen molar-refractivity contribution in [3.05, 3.63) is 35.4 Å². The Morgan fingerprint density at radius 2 is 1.82 bits per heavy atom. The minimum Gasteiger partial charge on any atom is -0.394 e. The molecule has 0 spiro atoms. The van der Waals surface area contributed by atoms with Crippen molar-refractivity contribution < 1.29 is 33.6 Å². The largest absolute Gasteiger partial charge is 0.394 e. The molecule has 4 N–H and O–H groups in total. The number of hydrogen-bond acceptors (Lipinski definition) is 5. The summed E-state index contributed by atoms with van der Waals surface area (Å²) in [6.07, 6.45) is -4.46. The van der Waals surface area contributed by atoms with E-state index in [0.29, 0.717) is 6.07 Å². The van der Waals surface area contributed by atoms with Crippen LogP contribution in [0.1, 0.15) is 17.3 Å². The van der Waals surface area contributed by atoms with E-state index >= 15 is 0 Å². The van der Waals surface area contributed by atoms with Crippen LogP contribution in [-0.4, -0.2) is 58.3 Å². The summed E-state index contributed by atoms with van der Waals surface area (Å²) in [5.74, 6) is -2.62. The zero-order valence-electron chi connectivity index (χ0n) is 11.7. The van der Waals surface area contributed by atoms with E-state index in [2.05, 4.69) is 5.32 Å². The zero-order valence-corrected chi connectivity index (χ0v) is 11.7. The lowest BCUT2D eigenvalue weighted by Gasteiger charge is -2.41. The van der Waals surface area contributed by atoms with Gasteiger partial charge in [0, 0.05) is 11.6 Å². The van der Waals surface area contributed by atoms with Crippen LogP contribution in [0.3, 0.4) is 0 Å². The summed E-state index contributed by atoms with van der Waals surface area (Å²) in [6, 6.07) is 1.35. The monoisotopic (exact) mass is 317 g/mol. The van der Waals surface area contributed by atoms with Crippen LogP contribution in [0.4, 0.5) is 8.78 Å². The fourth-order valence-corrected chi connectivity index (χ4v) is 2.42. The first kappa shape index (κ1) is 16.8. The maximum Gasteiger partial charge on any atom is 0.251 e. The van der Waals surface area contributed by atoms with Crippen LogP contribution in [0.15, 0.2) is 18.2 Å². The lowest BCUT2D eigenvalue weighted by atomic mass is 9.93. The van der Waals surface area contributed by atoms with Gasteiger partial charge in [-0.2, -0.15) is 0 Å². The van der Waals surface area contributed by atoms with Gasteiger partial charge < -0.3 is 25.4 Å². The second kappa shape index (κ2) is 6.66. The summed E-state index contributed by atoms with van der Waals surface area (Å²) in [5, 5.41) is 31.2. The van der Waals surface area contributed by atoms with Crippen LogP contribution >= 0.6 is 0 Å². The van der Waals surface area contributed by atoms with Crippen molar-refractivity contribution in [2.45, 2.75) is 37.4 Å². The first-order chi connectivity index (χ1) is 10.3. The third-order valence-corrected chi connectivity index (χ3v) is 3.60. The molecule has 1 fully saturated rings. The van der Waals surface area contributed by atoms with Gasteiger partial charge in [-0.25, -0.2) is 8.78 Å². The van der Waals surface area contributed by atoms with Gasteiger partial charge in [0.1, 0.15) is 29.9 Å². The van der Waals surface area contributed by atoms with Gasteiger partial charge in [0.2, 0.25) is 0 Å². The molecule has 1 aliphatic rings. The molecule has 0 radical (unpaired) electrons. The maximum absolute atomic E-state index is 13.1.